The number of hydrogen-bond acceptors (Lipinski definition) is 3. The van der Waals surface area contributed by atoms with Crippen LogP contribution < -0.4 is 11.1 Å². The van der Waals surface area contributed by atoms with E-state index in [-0.39, 0.29) is 5.91 Å². The van der Waals surface area contributed by atoms with Gasteiger partial charge >= 0.3 is 0 Å². The lowest BCUT2D eigenvalue weighted by atomic mass is 10.1. The first-order chi connectivity index (χ1) is 10.3. The number of rotatable bonds is 8. The summed E-state index contributed by atoms with van der Waals surface area (Å²) < 4.78 is 0. The van der Waals surface area contributed by atoms with Crippen molar-refractivity contribution < 1.29 is 4.79 Å². The summed E-state index contributed by atoms with van der Waals surface area (Å²) in [5, 5.41) is 3.48. The first kappa shape index (κ1) is 16.0. The van der Waals surface area contributed by atoms with Gasteiger partial charge in [0.2, 0.25) is 5.91 Å². The normalized spacial score (nSPS) is 17.9. The fourth-order valence-corrected chi connectivity index (χ4v) is 2.82. The van der Waals surface area contributed by atoms with E-state index < -0.39 is 0 Å². The average molecular weight is 289 g/mol. The van der Waals surface area contributed by atoms with Crippen molar-refractivity contribution in [3.8, 4) is 0 Å². The third-order valence-electron chi connectivity index (χ3n) is 4.06. The number of nitrogens with two attached hydrogens (primary N) is 1. The number of nitrogens with zero attached hydrogens (tertiary/aromatic N) is 1. The summed E-state index contributed by atoms with van der Waals surface area (Å²) in [5.41, 5.74) is 6.81. The fraction of sp³-hybridized carbons (Fsp3) is 0.588. The summed E-state index contributed by atoms with van der Waals surface area (Å²) in [6.07, 6.45) is 4.65. The monoisotopic (exact) mass is 289 g/mol. The van der Waals surface area contributed by atoms with Crippen LogP contribution in [0.2, 0.25) is 0 Å². The summed E-state index contributed by atoms with van der Waals surface area (Å²) in [4.78, 5) is 14.4. The maximum Gasteiger partial charge on any atom is 0.222 e. The van der Waals surface area contributed by atoms with Crippen LogP contribution in [-0.2, 0) is 11.2 Å². The molecule has 0 spiro atoms. The summed E-state index contributed by atoms with van der Waals surface area (Å²) in [5.74, 6) is 0.241. The molecule has 116 valence electrons. The van der Waals surface area contributed by atoms with Crippen LogP contribution in [0.15, 0.2) is 30.3 Å². The zero-order chi connectivity index (χ0) is 14.9. The van der Waals surface area contributed by atoms with Gasteiger partial charge in [-0.15, -0.1) is 0 Å². The maximum atomic E-state index is 12.4. The van der Waals surface area contributed by atoms with Gasteiger partial charge in [-0.1, -0.05) is 30.3 Å². The topological polar surface area (TPSA) is 58.4 Å². The van der Waals surface area contributed by atoms with E-state index in [1.807, 2.05) is 11.0 Å². The van der Waals surface area contributed by atoms with Crippen molar-refractivity contribution >= 4 is 5.91 Å². The molecule has 3 N–H and O–H groups in total. The standard InChI is InChI=1S/C17H27N3O/c18-11-4-9-17(21)20(14-16-8-5-12-19-16)13-10-15-6-2-1-3-7-15/h1-3,6-7,16,19H,4-5,8-14,18H2/t16-/m0/s1. The number of amides is 1. The van der Waals surface area contributed by atoms with Crippen molar-refractivity contribution in [3.05, 3.63) is 35.9 Å². The molecule has 0 unspecified atom stereocenters. The third kappa shape index (κ3) is 5.48. The van der Waals surface area contributed by atoms with E-state index in [0.717, 1.165) is 32.5 Å². The molecule has 0 radical (unpaired) electrons. The van der Waals surface area contributed by atoms with Crippen LogP contribution in [0.5, 0.6) is 0 Å². The zero-order valence-electron chi connectivity index (χ0n) is 12.8. The fourth-order valence-electron chi connectivity index (χ4n) is 2.82. The second kappa shape index (κ2) is 8.80. The number of nitrogens with one attached hydrogen (secondary N) is 1. The Hall–Kier alpha value is -1.39. The van der Waals surface area contributed by atoms with Crippen molar-refractivity contribution in [2.75, 3.05) is 26.2 Å². The zero-order valence-corrected chi connectivity index (χ0v) is 12.8. The second-order valence-electron chi connectivity index (χ2n) is 5.76. The highest BCUT2D eigenvalue weighted by Crippen LogP contribution is 2.10. The largest absolute Gasteiger partial charge is 0.341 e. The highest BCUT2D eigenvalue weighted by atomic mass is 16.2. The van der Waals surface area contributed by atoms with Gasteiger partial charge in [0.25, 0.3) is 0 Å². The van der Waals surface area contributed by atoms with Crippen LogP contribution in [0, 0.1) is 0 Å². The van der Waals surface area contributed by atoms with Crippen molar-refractivity contribution in [1.29, 1.82) is 0 Å². The van der Waals surface area contributed by atoms with E-state index in [2.05, 4.69) is 29.6 Å². The van der Waals surface area contributed by atoms with Gasteiger partial charge in [-0.2, -0.15) is 0 Å². The van der Waals surface area contributed by atoms with Gasteiger partial charge in [0.05, 0.1) is 0 Å². The predicted molar refractivity (Wildman–Crippen MR) is 86.0 cm³/mol. The van der Waals surface area contributed by atoms with Crippen molar-refractivity contribution in [3.63, 3.8) is 0 Å². The van der Waals surface area contributed by atoms with E-state index in [1.165, 1.54) is 18.4 Å². The minimum atomic E-state index is 0.241. The van der Waals surface area contributed by atoms with E-state index in [9.17, 15) is 4.79 Å². The van der Waals surface area contributed by atoms with Crippen molar-refractivity contribution in [2.45, 2.75) is 38.1 Å². The minimum absolute atomic E-state index is 0.241. The molecule has 2 rings (SSSR count). The summed E-state index contributed by atoms with van der Waals surface area (Å²) in [6.45, 7) is 3.29. The summed E-state index contributed by atoms with van der Waals surface area (Å²) >= 11 is 0. The maximum absolute atomic E-state index is 12.4. The molecule has 1 heterocycles. The molecule has 1 saturated heterocycles. The van der Waals surface area contributed by atoms with Gasteiger partial charge in [0, 0.05) is 25.6 Å². The molecule has 1 aliphatic heterocycles. The van der Waals surface area contributed by atoms with Gasteiger partial charge in [0.1, 0.15) is 0 Å². The molecule has 1 fully saturated rings. The number of carbonyl (C=O) groups is 1. The summed E-state index contributed by atoms with van der Waals surface area (Å²) in [7, 11) is 0. The predicted octanol–water partition coefficient (Wildman–Crippen LogP) is 1.55. The molecule has 1 atom stereocenters. The van der Waals surface area contributed by atoms with E-state index >= 15 is 0 Å². The lowest BCUT2D eigenvalue weighted by Gasteiger charge is -2.26. The van der Waals surface area contributed by atoms with E-state index in [4.69, 9.17) is 5.73 Å². The average Bonchev–Trinajstić information content (AvgIpc) is 3.03. The Bertz CT molecular complexity index is 415. The smallest absolute Gasteiger partial charge is 0.222 e. The Morgan fingerprint density at radius 2 is 2.14 bits per heavy atom. The minimum Gasteiger partial charge on any atom is -0.341 e. The van der Waals surface area contributed by atoms with Gasteiger partial charge < -0.3 is 16.0 Å². The van der Waals surface area contributed by atoms with E-state index in [0.29, 0.717) is 19.0 Å². The van der Waals surface area contributed by atoms with Crippen LogP contribution >= 0.6 is 0 Å². The summed E-state index contributed by atoms with van der Waals surface area (Å²) in [6, 6.07) is 10.8. The molecule has 4 nitrogen and oxygen atoms in total. The molecule has 1 aromatic rings. The molecular formula is C17H27N3O. The second-order valence-corrected chi connectivity index (χ2v) is 5.76. The Labute approximate surface area is 127 Å². The SMILES string of the molecule is NCCCC(=O)N(CCc1ccccc1)C[C@@H]1CCCN1. The molecular weight excluding hydrogens is 262 g/mol. The highest BCUT2D eigenvalue weighted by Gasteiger charge is 2.20. The molecule has 4 heteroatoms. The van der Waals surface area contributed by atoms with Crippen LogP contribution in [0.1, 0.15) is 31.2 Å². The molecule has 0 saturated carbocycles. The molecule has 0 aliphatic carbocycles. The Morgan fingerprint density at radius 3 is 2.81 bits per heavy atom. The van der Waals surface area contributed by atoms with Crippen LogP contribution in [0.4, 0.5) is 0 Å². The number of carbonyl (C=O) groups excluding carboxylic acids is 1. The Morgan fingerprint density at radius 1 is 1.33 bits per heavy atom. The lowest BCUT2D eigenvalue weighted by molar-refractivity contribution is -0.131. The van der Waals surface area contributed by atoms with Gasteiger partial charge in [-0.3, -0.25) is 4.79 Å². The quantitative estimate of drug-likeness (QED) is 0.763. The third-order valence-corrected chi connectivity index (χ3v) is 4.06. The van der Waals surface area contributed by atoms with Crippen molar-refractivity contribution in [1.82, 2.24) is 10.2 Å². The number of benzene rings is 1. The molecule has 1 aromatic carbocycles. The van der Waals surface area contributed by atoms with Crippen LogP contribution in [-0.4, -0.2) is 43.0 Å². The Kier molecular flexibility index (Phi) is 6.70. The van der Waals surface area contributed by atoms with Crippen LogP contribution in [0.3, 0.4) is 0 Å². The Balaban J connectivity index is 1.88. The number of hydrogen-bond donors (Lipinski definition) is 2. The van der Waals surface area contributed by atoms with Crippen LogP contribution in [0.25, 0.3) is 0 Å². The molecule has 1 aliphatic rings. The van der Waals surface area contributed by atoms with Gasteiger partial charge in [-0.25, -0.2) is 0 Å². The molecule has 0 bridgehead atoms. The van der Waals surface area contributed by atoms with E-state index in [1.54, 1.807) is 0 Å². The molecule has 21 heavy (non-hydrogen) atoms. The van der Waals surface area contributed by atoms with Gasteiger partial charge in [0.15, 0.2) is 0 Å². The first-order valence-corrected chi connectivity index (χ1v) is 8.04. The molecule has 0 aromatic heterocycles. The lowest BCUT2D eigenvalue weighted by Crippen LogP contribution is -2.42. The first-order valence-electron chi connectivity index (χ1n) is 8.04. The van der Waals surface area contributed by atoms with Crippen molar-refractivity contribution in [2.24, 2.45) is 5.73 Å². The molecule has 1 amide bonds. The van der Waals surface area contributed by atoms with Gasteiger partial charge in [-0.05, 0) is 44.3 Å². The highest BCUT2D eigenvalue weighted by molar-refractivity contribution is 5.76.